The fourth-order valence-corrected chi connectivity index (χ4v) is 3.44. The molecule has 28 heavy (non-hydrogen) atoms. The molecule has 0 aliphatic carbocycles. The molecule has 1 saturated heterocycles. The number of anilines is 1. The molecular weight excluding hydrogens is 399 g/mol. The maximum absolute atomic E-state index is 12.5. The molecule has 0 spiro atoms. The van der Waals surface area contributed by atoms with E-state index in [-0.39, 0.29) is 12.5 Å². The first-order chi connectivity index (χ1) is 13.6. The number of hydrogen-bond acceptors (Lipinski definition) is 5. The number of ether oxygens (including phenoxy) is 1. The zero-order valence-corrected chi connectivity index (χ0v) is 16.5. The lowest BCUT2D eigenvalue weighted by Crippen LogP contribution is -2.50. The van der Waals surface area contributed by atoms with Crippen LogP contribution in [0.3, 0.4) is 0 Å². The molecule has 2 aromatic carbocycles. The predicted octanol–water partition coefficient (Wildman–Crippen LogP) is 3.66. The van der Waals surface area contributed by atoms with Gasteiger partial charge in [0.15, 0.2) is 6.61 Å². The van der Waals surface area contributed by atoms with Crippen LogP contribution in [0.15, 0.2) is 48.7 Å². The monoisotopic (exact) mass is 416 g/mol. The van der Waals surface area contributed by atoms with E-state index in [0.29, 0.717) is 42.0 Å². The molecule has 0 unspecified atom stereocenters. The first-order valence-electron chi connectivity index (χ1n) is 8.92. The highest BCUT2D eigenvalue weighted by Crippen LogP contribution is 2.27. The molecule has 0 bridgehead atoms. The van der Waals surface area contributed by atoms with E-state index in [1.54, 1.807) is 29.3 Å². The molecule has 1 amide bonds. The number of benzene rings is 2. The summed E-state index contributed by atoms with van der Waals surface area (Å²) >= 11 is 12.0. The Morgan fingerprint density at radius 1 is 1.04 bits per heavy atom. The van der Waals surface area contributed by atoms with E-state index in [4.69, 9.17) is 27.9 Å². The van der Waals surface area contributed by atoms with Gasteiger partial charge in [-0.05, 0) is 24.3 Å². The van der Waals surface area contributed by atoms with E-state index in [2.05, 4.69) is 14.9 Å². The molecule has 2 heterocycles. The molecular formula is C20H18Cl2N4O2. The van der Waals surface area contributed by atoms with Gasteiger partial charge in [0.05, 0.1) is 22.3 Å². The fraction of sp³-hybridized carbons (Fsp3) is 0.250. The summed E-state index contributed by atoms with van der Waals surface area (Å²) in [5.41, 5.74) is 1.74. The average molecular weight is 417 g/mol. The Hall–Kier alpha value is -2.57. The lowest BCUT2D eigenvalue weighted by atomic mass is 10.3. The maximum Gasteiger partial charge on any atom is 0.260 e. The lowest BCUT2D eigenvalue weighted by molar-refractivity contribution is -0.133. The smallest absolute Gasteiger partial charge is 0.260 e. The van der Waals surface area contributed by atoms with E-state index in [0.717, 1.165) is 16.9 Å². The molecule has 144 valence electrons. The van der Waals surface area contributed by atoms with Crippen molar-refractivity contribution >= 4 is 46.0 Å². The summed E-state index contributed by atoms with van der Waals surface area (Å²) in [6.07, 6.45) is 1.78. The van der Waals surface area contributed by atoms with Crippen LogP contribution in [0, 0.1) is 0 Å². The first kappa shape index (κ1) is 18.8. The molecule has 3 aromatic rings. The standard InChI is InChI=1S/C20H18Cl2N4O2/c21-14-5-6-15(22)18(11-14)28-13-20(27)26-9-7-25(8-10-26)19-12-23-16-3-1-2-4-17(16)24-19/h1-6,11-12H,7-10,13H2. The number of para-hydroxylation sites is 2. The molecule has 1 aliphatic heterocycles. The number of nitrogens with zero attached hydrogens (tertiary/aromatic N) is 4. The molecule has 1 aromatic heterocycles. The number of carbonyl (C=O) groups excluding carboxylic acids is 1. The number of carbonyl (C=O) groups is 1. The summed E-state index contributed by atoms with van der Waals surface area (Å²) in [7, 11) is 0. The second-order valence-corrected chi connectivity index (χ2v) is 7.29. The van der Waals surface area contributed by atoms with Crippen LogP contribution in [0.4, 0.5) is 5.82 Å². The normalized spacial score (nSPS) is 14.4. The highest BCUT2D eigenvalue weighted by Gasteiger charge is 2.22. The molecule has 1 fully saturated rings. The minimum atomic E-state index is -0.0831. The van der Waals surface area contributed by atoms with Gasteiger partial charge in [0.2, 0.25) is 0 Å². The van der Waals surface area contributed by atoms with E-state index in [1.807, 2.05) is 24.3 Å². The largest absolute Gasteiger partial charge is 0.482 e. The SMILES string of the molecule is O=C(COc1cc(Cl)ccc1Cl)N1CCN(c2cnc3ccccc3n2)CC1. The molecule has 1 aliphatic rings. The Balaban J connectivity index is 1.34. The van der Waals surface area contributed by atoms with Crippen molar-refractivity contribution in [3.63, 3.8) is 0 Å². The average Bonchev–Trinajstić information content (AvgIpc) is 2.74. The summed E-state index contributed by atoms with van der Waals surface area (Å²) in [5.74, 6) is 1.15. The highest BCUT2D eigenvalue weighted by molar-refractivity contribution is 6.34. The Morgan fingerprint density at radius 2 is 1.79 bits per heavy atom. The number of hydrogen-bond donors (Lipinski definition) is 0. The quantitative estimate of drug-likeness (QED) is 0.649. The minimum absolute atomic E-state index is 0.0736. The summed E-state index contributed by atoms with van der Waals surface area (Å²) < 4.78 is 5.55. The Morgan fingerprint density at radius 3 is 2.57 bits per heavy atom. The van der Waals surface area contributed by atoms with Gasteiger partial charge in [-0.2, -0.15) is 0 Å². The lowest BCUT2D eigenvalue weighted by Gasteiger charge is -2.35. The van der Waals surface area contributed by atoms with Crippen molar-refractivity contribution in [2.75, 3.05) is 37.7 Å². The molecule has 4 rings (SSSR count). The van der Waals surface area contributed by atoms with Crippen LogP contribution in [0.5, 0.6) is 5.75 Å². The van der Waals surface area contributed by atoms with Gasteiger partial charge in [0.25, 0.3) is 5.91 Å². The third-order valence-electron chi connectivity index (χ3n) is 4.64. The van der Waals surface area contributed by atoms with Crippen molar-refractivity contribution in [2.24, 2.45) is 0 Å². The minimum Gasteiger partial charge on any atom is -0.482 e. The number of rotatable bonds is 4. The maximum atomic E-state index is 12.5. The van der Waals surface area contributed by atoms with Crippen molar-refractivity contribution in [3.05, 3.63) is 58.7 Å². The number of aromatic nitrogens is 2. The molecule has 6 nitrogen and oxygen atoms in total. The van der Waals surface area contributed by atoms with Crippen molar-refractivity contribution in [2.45, 2.75) is 0 Å². The second kappa shape index (κ2) is 8.20. The summed E-state index contributed by atoms with van der Waals surface area (Å²) in [4.78, 5) is 25.5. The van der Waals surface area contributed by atoms with E-state index < -0.39 is 0 Å². The van der Waals surface area contributed by atoms with Gasteiger partial charge in [0, 0.05) is 37.3 Å². The van der Waals surface area contributed by atoms with Crippen LogP contribution >= 0.6 is 23.2 Å². The molecule has 0 saturated carbocycles. The summed E-state index contributed by atoms with van der Waals surface area (Å²) in [6.45, 7) is 2.50. The van der Waals surface area contributed by atoms with Gasteiger partial charge in [-0.15, -0.1) is 0 Å². The van der Waals surface area contributed by atoms with Crippen LogP contribution in [0.1, 0.15) is 0 Å². The van der Waals surface area contributed by atoms with Gasteiger partial charge in [-0.1, -0.05) is 35.3 Å². The number of amides is 1. The Kier molecular flexibility index (Phi) is 5.50. The number of piperazine rings is 1. The Labute approximate surface area is 172 Å². The van der Waals surface area contributed by atoms with Gasteiger partial charge < -0.3 is 14.5 Å². The first-order valence-corrected chi connectivity index (χ1v) is 9.68. The van der Waals surface area contributed by atoms with Crippen molar-refractivity contribution in [1.29, 1.82) is 0 Å². The molecule has 8 heteroatoms. The van der Waals surface area contributed by atoms with Crippen LogP contribution < -0.4 is 9.64 Å². The van der Waals surface area contributed by atoms with Gasteiger partial charge in [-0.25, -0.2) is 4.98 Å². The predicted molar refractivity (Wildman–Crippen MR) is 110 cm³/mol. The van der Waals surface area contributed by atoms with Crippen molar-refractivity contribution in [3.8, 4) is 5.75 Å². The van der Waals surface area contributed by atoms with Gasteiger partial charge in [0.1, 0.15) is 11.6 Å². The molecule has 0 N–H and O–H groups in total. The van der Waals surface area contributed by atoms with Crippen molar-refractivity contribution < 1.29 is 9.53 Å². The van der Waals surface area contributed by atoms with Crippen LogP contribution in [-0.2, 0) is 4.79 Å². The van der Waals surface area contributed by atoms with E-state index in [9.17, 15) is 4.79 Å². The zero-order chi connectivity index (χ0) is 19.5. The van der Waals surface area contributed by atoms with Crippen LogP contribution in [0.2, 0.25) is 10.0 Å². The van der Waals surface area contributed by atoms with Crippen molar-refractivity contribution in [1.82, 2.24) is 14.9 Å². The summed E-state index contributed by atoms with van der Waals surface area (Å²) in [6, 6.07) is 12.7. The topological polar surface area (TPSA) is 58.6 Å². The zero-order valence-electron chi connectivity index (χ0n) is 15.0. The third kappa shape index (κ3) is 4.13. The second-order valence-electron chi connectivity index (χ2n) is 6.45. The highest BCUT2D eigenvalue weighted by atomic mass is 35.5. The van der Waals surface area contributed by atoms with Gasteiger partial charge in [-0.3, -0.25) is 9.78 Å². The number of halogens is 2. The Bertz CT molecular complexity index is 1010. The van der Waals surface area contributed by atoms with E-state index >= 15 is 0 Å². The van der Waals surface area contributed by atoms with Gasteiger partial charge >= 0.3 is 0 Å². The van der Waals surface area contributed by atoms with Crippen LogP contribution in [0.25, 0.3) is 11.0 Å². The fourth-order valence-electron chi connectivity index (χ4n) is 3.10. The van der Waals surface area contributed by atoms with E-state index in [1.165, 1.54) is 0 Å². The summed E-state index contributed by atoms with van der Waals surface area (Å²) in [5, 5.41) is 0.939. The van der Waals surface area contributed by atoms with Crippen LogP contribution in [-0.4, -0.2) is 53.6 Å². The molecule has 0 atom stereocenters. The number of fused-ring (bicyclic) bond motifs is 1. The third-order valence-corrected chi connectivity index (χ3v) is 5.18. The molecule has 0 radical (unpaired) electrons.